The van der Waals surface area contributed by atoms with Crippen molar-refractivity contribution in [2.75, 3.05) is 0 Å². The topological polar surface area (TPSA) is 30.7 Å². The van der Waals surface area contributed by atoms with E-state index in [2.05, 4.69) is 32.7 Å². The maximum atomic E-state index is 13.4. The highest BCUT2D eigenvalue weighted by atomic mass is 127. The van der Waals surface area contributed by atoms with E-state index in [4.69, 9.17) is 11.6 Å². The van der Waals surface area contributed by atoms with Gasteiger partial charge < -0.3 is 0 Å². The lowest BCUT2D eigenvalue weighted by Gasteiger charge is -2.02. The first-order chi connectivity index (χ1) is 10.1. The molecule has 0 atom stereocenters. The molecule has 21 heavy (non-hydrogen) atoms. The van der Waals surface area contributed by atoms with Crippen molar-refractivity contribution in [2.24, 2.45) is 0 Å². The molecule has 3 rings (SSSR count). The van der Waals surface area contributed by atoms with Crippen LogP contribution in [0.15, 0.2) is 48.8 Å². The van der Waals surface area contributed by atoms with Gasteiger partial charge in [0, 0.05) is 9.13 Å². The fourth-order valence-electron chi connectivity index (χ4n) is 1.93. The number of aromatic nitrogens is 3. The van der Waals surface area contributed by atoms with Crippen LogP contribution >= 0.6 is 34.2 Å². The Morgan fingerprint density at radius 3 is 2.62 bits per heavy atom. The lowest BCUT2D eigenvalue weighted by Crippen LogP contribution is -2.01. The van der Waals surface area contributed by atoms with Crippen molar-refractivity contribution in [1.82, 2.24) is 14.8 Å². The predicted molar refractivity (Wildman–Crippen MR) is 88.7 cm³/mol. The molecule has 0 amide bonds. The maximum absolute atomic E-state index is 13.4. The fraction of sp³-hybridized carbons (Fsp3) is 0.0667. The molecule has 0 N–H and O–H groups in total. The first kappa shape index (κ1) is 14.5. The summed E-state index contributed by atoms with van der Waals surface area (Å²) in [6.07, 6.45) is 1.64. The van der Waals surface area contributed by atoms with Crippen LogP contribution in [0.4, 0.5) is 4.39 Å². The number of nitrogens with zero attached hydrogens (tertiary/aromatic N) is 3. The Balaban J connectivity index is 1.81. The van der Waals surface area contributed by atoms with Gasteiger partial charge in [0.2, 0.25) is 0 Å². The summed E-state index contributed by atoms with van der Waals surface area (Å²) < 4.78 is 16.2. The molecule has 0 bridgehead atoms. The second kappa shape index (κ2) is 6.11. The van der Waals surface area contributed by atoms with E-state index in [0.29, 0.717) is 12.4 Å². The standard InChI is InChI=1S/C15H10ClFIN3/c16-13-6-1-10(7-14(13)17)8-21-9-19-15(20-21)11-2-4-12(18)5-3-11/h1-7,9H,8H2. The molecule has 6 heteroatoms. The molecule has 0 aliphatic heterocycles. The summed E-state index contributed by atoms with van der Waals surface area (Å²) in [6.45, 7) is 0.450. The SMILES string of the molecule is Fc1cc(Cn2cnc(-c3ccc(I)cc3)n2)ccc1Cl. The smallest absolute Gasteiger partial charge is 0.181 e. The van der Waals surface area contributed by atoms with Crippen LogP contribution in [0.25, 0.3) is 11.4 Å². The largest absolute Gasteiger partial charge is 0.248 e. The average Bonchev–Trinajstić information content (AvgIpc) is 2.92. The normalized spacial score (nSPS) is 10.8. The second-order valence-corrected chi connectivity index (χ2v) is 6.17. The summed E-state index contributed by atoms with van der Waals surface area (Å²) in [5.41, 5.74) is 1.74. The quantitative estimate of drug-likeness (QED) is 0.596. The van der Waals surface area contributed by atoms with Crippen molar-refractivity contribution in [2.45, 2.75) is 6.54 Å². The Hall–Kier alpha value is -1.47. The monoisotopic (exact) mass is 413 g/mol. The molecule has 0 unspecified atom stereocenters. The molecule has 0 spiro atoms. The first-order valence-corrected chi connectivity index (χ1v) is 7.67. The zero-order valence-electron chi connectivity index (χ0n) is 10.8. The van der Waals surface area contributed by atoms with Gasteiger partial charge in [-0.25, -0.2) is 14.1 Å². The highest BCUT2D eigenvalue weighted by molar-refractivity contribution is 14.1. The molecule has 0 saturated carbocycles. The van der Waals surface area contributed by atoms with Gasteiger partial charge in [0.15, 0.2) is 5.82 Å². The summed E-state index contributed by atoms with van der Waals surface area (Å²) >= 11 is 7.92. The van der Waals surface area contributed by atoms with Crippen LogP contribution in [-0.4, -0.2) is 14.8 Å². The van der Waals surface area contributed by atoms with Crippen LogP contribution in [0.5, 0.6) is 0 Å². The van der Waals surface area contributed by atoms with Gasteiger partial charge in [-0.15, -0.1) is 0 Å². The second-order valence-electron chi connectivity index (χ2n) is 4.52. The minimum atomic E-state index is -0.424. The van der Waals surface area contributed by atoms with Crippen LogP contribution in [-0.2, 0) is 6.54 Å². The fourth-order valence-corrected chi connectivity index (χ4v) is 2.40. The molecular formula is C15H10ClFIN3. The first-order valence-electron chi connectivity index (χ1n) is 6.21. The van der Waals surface area contributed by atoms with E-state index in [-0.39, 0.29) is 5.02 Å². The van der Waals surface area contributed by atoms with Crippen LogP contribution in [0.2, 0.25) is 5.02 Å². The molecule has 0 aliphatic rings. The Kier molecular flexibility index (Phi) is 4.21. The van der Waals surface area contributed by atoms with Gasteiger partial charge in [0.25, 0.3) is 0 Å². The maximum Gasteiger partial charge on any atom is 0.181 e. The van der Waals surface area contributed by atoms with Crippen LogP contribution in [0, 0.1) is 9.39 Å². The van der Waals surface area contributed by atoms with Crippen LogP contribution < -0.4 is 0 Å². The third kappa shape index (κ3) is 3.41. The predicted octanol–water partition coefficient (Wildman–Crippen LogP) is 4.39. The Morgan fingerprint density at radius 2 is 1.90 bits per heavy atom. The minimum Gasteiger partial charge on any atom is -0.248 e. The van der Waals surface area contributed by atoms with E-state index in [1.54, 1.807) is 23.1 Å². The van der Waals surface area contributed by atoms with Gasteiger partial charge in [-0.05, 0) is 52.4 Å². The molecule has 0 aliphatic carbocycles. The molecule has 2 aromatic carbocycles. The van der Waals surface area contributed by atoms with E-state index in [9.17, 15) is 4.39 Å². The molecule has 3 nitrogen and oxygen atoms in total. The van der Waals surface area contributed by atoms with Gasteiger partial charge in [-0.3, -0.25) is 0 Å². The summed E-state index contributed by atoms with van der Waals surface area (Å²) in [7, 11) is 0. The molecule has 1 heterocycles. The van der Waals surface area contributed by atoms with Gasteiger partial charge in [0.05, 0.1) is 11.6 Å². The molecular weight excluding hydrogens is 404 g/mol. The highest BCUT2D eigenvalue weighted by Crippen LogP contribution is 2.18. The Morgan fingerprint density at radius 1 is 1.14 bits per heavy atom. The van der Waals surface area contributed by atoms with Gasteiger partial charge >= 0.3 is 0 Å². The van der Waals surface area contributed by atoms with Gasteiger partial charge in [-0.1, -0.05) is 29.8 Å². The lowest BCUT2D eigenvalue weighted by atomic mass is 10.2. The molecule has 0 radical (unpaired) electrons. The number of hydrogen-bond donors (Lipinski definition) is 0. The van der Waals surface area contributed by atoms with Crippen molar-refractivity contribution in [3.63, 3.8) is 0 Å². The number of hydrogen-bond acceptors (Lipinski definition) is 2. The van der Waals surface area contributed by atoms with Gasteiger partial charge in [0.1, 0.15) is 12.1 Å². The Labute approximate surface area is 139 Å². The number of rotatable bonds is 3. The van der Waals surface area contributed by atoms with E-state index >= 15 is 0 Å². The number of benzene rings is 2. The van der Waals surface area contributed by atoms with E-state index in [1.165, 1.54) is 6.07 Å². The van der Waals surface area contributed by atoms with Crippen molar-refractivity contribution >= 4 is 34.2 Å². The van der Waals surface area contributed by atoms with E-state index in [0.717, 1.165) is 14.7 Å². The number of halogens is 3. The Bertz CT molecular complexity index is 771. The van der Waals surface area contributed by atoms with Crippen molar-refractivity contribution in [3.8, 4) is 11.4 Å². The molecule has 3 aromatic rings. The van der Waals surface area contributed by atoms with E-state index in [1.807, 2.05) is 24.3 Å². The summed E-state index contributed by atoms with van der Waals surface area (Å²) in [6, 6.07) is 12.7. The summed E-state index contributed by atoms with van der Waals surface area (Å²) in [4.78, 5) is 4.28. The molecule has 1 aromatic heterocycles. The average molecular weight is 414 g/mol. The van der Waals surface area contributed by atoms with Gasteiger partial charge in [-0.2, -0.15) is 5.10 Å². The van der Waals surface area contributed by atoms with Crippen molar-refractivity contribution in [3.05, 3.63) is 68.8 Å². The molecule has 0 fully saturated rings. The van der Waals surface area contributed by atoms with Crippen LogP contribution in [0.1, 0.15) is 5.56 Å². The highest BCUT2D eigenvalue weighted by Gasteiger charge is 2.06. The summed E-state index contributed by atoms with van der Waals surface area (Å²) in [5, 5.41) is 4.53. The van der Waals surface area contributed by atoms with Crippen LogP contribution in [0.3, 0.4) is 0 Å². The van der Waals surface area contributed by atoms with E-state index < -0.39 is 5.82 Å². The van der Waals surface area contributed by atoms with Crippen molar-refractivity contribution in [1.29, 1.82) is 0 Å². The lowest BCUT2D eigenvalue weighted by molar-refractivity contribution is 0.619. The summed E-state index contributed by atoms with van der Waals surface area (Å²) in [5.74, 6) is 0.230. The third-order valence-electron chi connectivity index (χ3n) is 2.97. The molecule has 106 valence electrons. The van der Waals surface area contributed by atoms with Crippen molar-refractivity contribution < 1.29 is 4.39 Å². The minimum absolute atomic E-state index is 0.122. The third-order valence-corrected chi connectivity index (χ3v) is 3.99. The molecule has 0 saturated heterocycles. The zero-order valence-corrected chi connectivity index (χ0v) is 13.7. The zero-order chi connectivity index (χ0) is 14.8.